The van der Waals surface area contributed by atoms with Crippen LogP contribution < -0.4 is 5.32 Å². The van der Waals surface area contributed by atoms with Gasteiger partial charge in [-0.1, -0.05) is 30.3 Å². The Hall–Kier alpha value is -2.53. The molecule has 5 heteroatoms. The van der Waals surface area contributed by atoms with E-state index in [-0.39, 0.29) is 5.91 Å². The number of benzene rings is 2. The molecule has 22 heavy (non-hydrogen) atoms. The number of carbonyl (C=O) groups excluding carboxylic acids is 1. The van der Waals surface area contributed by atoms with Gasteiger partial charge in [-0.05, 0) is 23.8 Å². The van der Waals surface area contributed by atoms with E-state index in [0.29, 0.717) is 12.1 Å². The lowest BCUT2D eigenvalue weighted by Crippen LogP contribution is -2.23. The second-order valence-corrected chi connectivity index (χ2v) is 5.58. The molecule has 0 bridgehead atoms. The number of hydrogen-bond acceptors (Lipinski definition) is 3. The molecule has 0 spiro atoms. The SMILES string of the molecule is O=C(NCc1ccccc1-c1nccs1)c1cccc(F)c1. The van der Waals surface area contributed by atoms with Crippen LogP contribution in [0.3, 0.4) is 0 Å². The highest BCUT2D eigenvalue weighted by molar-refractivity contribution is 7.13. The molecule has 0 aliphatic rings. The molecule has 0 unspecified atom stereocenters. The van der Waals surface area contributed by atoms with Gasteiger partial charge in [-0.15, -0.1) is 11.3 Å². The Kier molecular flexibility index (Phi) is 4.25. The largest absolute Gasteiger partial charge is 0.348 e. The minimum absolute atomic E-state index is 0.298. The molecule has 0 aliphatic heterocycles. The molecular formula is C17H13FN2OS. The number of amides is 1. The van der Waals surface area contributed by atoms with Crippen LogP contribution in [0.2, 0.25) is 0 Å². The van der Waals surface area contributed by atoms with Crippen molar-refractivity contribution in [3.63, 3.8) is 0 Å². The first-order valence-corrected chi connectivity index (χ1v) is 7.63. The Balaban J connectivity index is 1.76. The highest BCUT2D eigenvalue weighted by Gasteiger charge is 2.10. The van der Waals surface area contributed by atoms with Gasteiger partial charge in [0.15, 0.2) is 0 Å². The molecule has 3 aromatic rings. The first-order valence-electron chi connectivity index (χ1n) is 6.75. The molecule has 0 atom stereocenters. The molecule has 2 aromatic carbocycles. The topological polar surface area (TPSA) is 42.0 Å². The van der Waals surface area contributed by atoms with Crippen molar-refractivity contribution in [2.75, 3.05) is 0 Å². The minimum atomic E-state index is -0.421. The van der Waals surface area contributed by atoms with E-state index in [1.165, 1.54) is 18.2 Å². The monoisotopic (exact) mass is 312 g/mol. The minimum Gasteiger partial charge on any atom is -0.348 e. The van der Waals surface area contributed by atoms with Crippen molar-refractivity contribution in [1.29, 1.82) is 0 Å². The number of halogens is 1. The summed E-state index contributed by atoms with van der Waals surface area (Å²) >= 11 is 1.55. The summed E-state index contributed by atoms with van der Waals surface area (Å²) in [6, 6.07) is 13.4. The van der Waals surface area contributed by atoms with Crippen LogP contribution in [0.15, 0.2) is 60.1 Å². The van der Waals surface area contributed by atoms with Gasteiger partial charge in [0.05, 0.1) is 0 Å². The van der Waals surface area contributed by atoms with Crippen LogP contribution in [0.1, 0.15) is 15.9 Å². The van der Waals surface area contributed by atoms with Crippen molar-refractivity contribution in [2.45, 2.75) is 6.54 Å². The van der Waals surface area contributed by atoms with Crippen LogP contribution in [-0.4, -0.2) is 10.9 Å². The predicted molar refractivity (Wildman–Crippen MR) is 85.1 cm³/mol. The first-order chi connectivity index (χ1) is 10.7. The van der Waals surface area contributed by atoms with E-state index in [1.807, 2.05) is 29.6 Å². The van der Waals surface area contributed by atoms with Crippen LogP contribution in [0.4, 0.5) is 4.39 Å². The van der Waals surface area contributed by atoms with E-state index in [9.17, 15) is 9.18 Å². The van der Waals surface area contributed by atoms with E-state index in [4.69, 9.17) is 0 Å². The highest BCUT2D eigenvalue weighted by atomic mass is 32.1. The Bertz CT molecular complexity index is 787. The molecule has 1 heterocycles. The summed E-state index contributed by atoms with van der Waals surface area (Å²) in [6.45, 7) is 0.366. The van der Waals surface area contributed by atoms with Crippen LogP contribution in [0, 0.1) is 5.82 Å². The zero-order valence-electron chi connectivity index (χ0n) is 11.6. The molecule has 3 nitrogen and oxygen atoms in total. The molecule has 1 N–H and O–H groups in total. The number of nitrogens with zero attached hydrogens (tertiary/aromatic N) is 1. The lowest BCUT2D eigenvalue weighted by atomic mass is 10.1. The maximum atomic E-state index is 13.2. The van der Waals surface area contributed by atoms with E-state index in [1.54, 1.807) is 23.6 Å². The molecule has 1 amide bonds. The second-order valence-electron chi connectivity index (χ2n) is 4.69. The van der Waals surface area contributed by atoms with E-state index >= 15 is 0 Å². The third-order valence-electron chi connectivity index (χ3n) is 3.21. The molecule has 0 aliphatic carbocycles. The third kappa shape index (κ3) is 3.20. The summed E-state index contributed by atoms with van der Waals surface area (Å²) < 4.78 is 13.2. The lowest BCUT2D eigenvalue weighted by Gasteiger charge is -2.09. The van der Waals surface area contributed by atoms with Gasteiger partial charge in [0.25, 0.3) is 5.91 Å². The molecular weight excluding hydrogens is 299 g/mol. The van der Waals surface area contributed by atoms with Crippen LogP contribution >= 0.6 is 11.3 Å². The van der Waals surface area contributed by atoms with Crippen LogP contribution in [0.5, 0.6) is 0 Å². The van der Waals surface area contributed by atoms with Gasteiger partial charge in [0.2, 0.25) is 0 Å². The van der Waals surface area contributed by atoms with Gasteiger partial charge in [0, 0.05) is 29.2 Å². The summed E-state index contributed by atoms with van der Waals surface area (Å²) in [7, 11) is 0. The number of nitrogens with one attached hydrogen (secondary N) is 1. The molecule has 0 radical (unpaired) electrons. The average molecular weight is 312 g/mol. The fourth-order valence-electron chi connectivity index (χ4n) is 2.15. The lowest BCUT2D eigenvalue weighted by molar-refractivity contribution is 0.0950. The van der Waals surface area contributed by atoms with Gasteiger partial charge >= 0.3 is 0 Å². The zero-order chi connectivity index (χ0) is 15.4. The Morgan fingerprint density at radius 3 is 2.82 bits per heavy atom. The maximum absolute atomic E-state index is 13.2. The van der Waals surface area contributed by atoms with Crippen LogP contribution in [0.25, 0.3) is 10.6 Å². The maximum Gasteiger partial charge on any atom is 0.251 e. The Morgan fingerprint density at radius 2 is 2.05 bits per heavy atom. The number of thiazole rings is 1. The standard InChI is InChI=1S/C17H13FN2OS/c18-14-6-3-5-12(10-14)16(21)20-11-13-4-1-2-7-15(13)17-19-8-9-22-17/h1-10H,11H2,(H,20,21). The number of carbonyl (C=O) groups is 1. The van der Waals surface area contributed by atoms with Crippen molar-refractivity contribution in [2.24, 2.45) is 0 Å². The van der Waals surface area contributed by atoms with Crippen molar-refractivity contribution in [3.05, 3.63) is 77.1 Å². The quantitative estimate of drug-likeness (QED) is 0.794. The molecule has 0 fully saturated rings. The molecule has 1 aromatic heterocycles. The fraction of sp³-hybridized carbons (Fsp3) is 0.0588. The van der Waals surface area contributed by atoms with Gasteiger partial charge < -0.3 is 5.32 Å². The van der Waals surface area contributed by atoms with Gasteiger partial charge in [-0.3, -0.25) is 4.79 Å². The van der Waals surface area contributed by atoms with Crippen molar-refractivity contribution < 1.29 is 9.18 Å². The zero-order valence-corrected chi connectivity index (χ0v) is 12.4. The number of hydrogen-bond donors (Lipinski definition) is 1. The summed E-state index contributed by atoms with van der Waals surface area (Å²) in [5.41, 5.74) is 2.28. The van der Waals surface area contributed by atoms with Crippen molar-refractivity contribution >= 4 is 17.2 Å². The summed E-state index contributed by atoms with van der Waals surface area (Å²) in [6.07, 6.45) is 1.75. The summed E-state index contributed by atoms with van der Waals surface area (Å²) in [5, 5.41) is 5.64. The van der Waals surface area contributed by atoms with Gasteiger partial charge in [-0.2, -0.15) is 0 Å². The summed E-state index contributed by atoms with van der Waals surface area (Å²) in [4.78, 5) is 16.4. The molecule has 110 valence electrons. The number of rotatable bonds is 4. The normalized spacial score (nSPS) is 10.4. The van der Waals surface area contributed by atoms with Crippen molar-refractivity contribution in [3.8, 4) is 10.6 Å². The Morgan fingerprint density at radius 1 is 1.18 bits per heavy atom. The van der Waals surface area contributed by atoms with Gasteiger partial charge in [-0.25, -0.2) is 9.37 Å². The third-order valence-corrected chi connectivity index (χ3v) is 4.01. The second kappa shape index (κ2) is 6.49. The highest BCUT2D eigenvalue weighted by Crippen LogP contribution is 2.25. The average Bonchev–Trinajstić information content (AvgIpc) is 3.07. The molecule has 0 saturated carbocycles. The van der Waals surface area contributed by atoms with Crippen molar-refractivity contribution in [1.82, 2.24) is 10.3 Å². The predicted octanol–water partition coefficient (Wildman–Crippen LogP) is 3.88. The first kappa shape index (κ1) is 14.4. The molecule has 0 saturated heterocycles. The van der Waals surface area contributed by atoms with E-state index in [2.05, 4.69) is 10.3 Å². The number of aromatic nitrogens is 1. The van der Waals surface area contributed by atoms with Gasteiger partial charge in [0.1, 0.15) is 10.8 Å². The fourth-order valence-corrected chi connectivity index (χ4v) is 2.85. The van der Waals surface area contributed by atoms with Crippen LogP contribution in [-0.2, 0) is 6.54 Å². The Labute approximate surface area is 131 Å². The van der Waals surface area contributed by atoms with E-state index in [0.717, 1.165) is 16.1 Å². The van der Waals surface area contributed by atoms with E-state index < -0.39 is 5.82 Å². The molecule has 3 rings (SSSR count). The summed E-state index contributed by atoms with van der Waals surface area (Å²) in [5.74, 6) is -0.718. The smallest absolute Gasteiger partial charge is 0.251 e.